The van der Waals surface area contributed by atoms with Crippen LogP contribution in [0.25, 0.3) is 11.1 Å². The topological polar surface area (TPSA) is 96.1 Å². The van der Waals surface area contributed by atoms with Crippen LogP contribution in [0.3, 0.4) is 0 Å². The van der Waals surface area contributed by atoms with Gasteiger partial charge in [-0.15, -0.1) is 0 Å². The summed E-state index contributed by atoms with van der Waals surface area (Å²) in [6.07, 6.45) is -1.11. The first kappa shape index (κ1) is 19.8. The third-order valence-electron chi connectivity index (χ3n) is 3.85. The van der Waals surface area contributed by atoms with Crippen LogP contribution in [0.15, 0.2) is 42.9 Å². The number of nitrogens with zero attached hydrogens (tertiary/aromatic N) is 4. The number of halogens is 3. The number of aliphatic hydroxyl groups is 2. The highest BCUT2D eigenvalue weighted by molar-refractivity contribution is 5.70. The van der Waals surface area contributed by atoms with Crippen LogP contribution in [0.1, 0.15) is 11.3 Å². The number of rotatable bonds is 6. The molecule has 0 bridgehead atoms. The molecule has 0 radical (unpaired) electrons. The number of anilines is 2. The van der Waals surface area contributed by atoms with Gasteiger partial charge in [0, 0.05) is 23.6 Å². The van der Waals surface area contributed by atoms with Crippen molar-refractivity contribution in [2.24, 2.45) is 0 Å². The number of hydrogen-bond donors (Lipinski definition) is 3. The summed E-state index contributed by atoms with van der Waals surface area (Å²) in [5.74, 6) is -0.159. The number of alkyl halides is 3. The predicted octanol–water partition coefficient (Wildman–Crippen LogP) is 2.76. The Bertz CT molecular complexity index is 958. The highest BCUT2D eigenvalue weighted by Gasteiger charge is 2.32. The first-order chi connectivity index (χ1) is 13.2. The van der Waals surface area contributed by atoms with Gasteiger partial charge in [-0.1, -0.05) is 6.07 Å². The summed E-state index contributed by atoms with van der Waals surface area (Å²) in [6.45, 7) is 1.62. The van der Waals surface area contributed by atoms with Gasteiger partial charge < -0.3 is 15.5 Å². The molecule has 28 heavy (non-hydrogen) atoms. The van der Waals surface area contributed by atoms with E-state index in [1.54, 1.807) is 24.5 Å². The molecule has 0 spiro atoms. The van der Waals surface area contributed by atoms with Crippen LogP contribution in [0.2, 0.25) is 0 Å². The second kappa shape index (κ2) is 7.95. The third-order valence-corrected chi connectivity index (χ3v) is 3.85. The first-order valence-corrected chi connectivity index (χ1v) is 8.35. The third kappa shape index (κ3) is 4.84. The molecule has 148 valence electrons. The van der Waals surface area contributed by atoms with Crippen molar-refractivity contribution < 1.29 is 23.4 Å². The van der Waals surface area contributed by atoms with Crippen molar-refractivity contribution in [1.82, 2.24) is 19.7 Å². The summed E-state index contributed by atoms with van der Waals surface area (Å²) < 4.78 is 39.9. The predicted molar refractivity (Wildman–Crippen MR) is 95.8 cm³/mol. The lowest BCUT2D eigenvalue weighted by Gasteiger charge is -2.10. The fraction of sp³-hybridized carbons (Fsp3) is 0.278. The van der Waals surface area contributed by atoms with Crippen molar-refractivity contribution in [1.29, 1.82) is 0 Å². The molecule has 0 fully saturated rings. The Hall–Kier alpha value is -2.98. The van der Waals surface area contributed by atoms with Crippen LogP contribution in [0.5, 0.6) is 0 Å². The molecular weight excluding hydrogens is 375 g/mol. The van der Waals surface area contributed by atoms with E-state index in [1.807, 2.05) is 13.0 Å². The largest absolute Gasteiger partial charge is 0.433 e. The molecule has 3 aromatic rings. The second-order valence-corrected chi connectivity index (χ2v) is 6.26. The van der Waals surface area contributed by atoms with Crippen LogP contribution in [-0.2, 0) is 12.7 Å². The van der Waals surface area contributed by atoms with Crippen LogP contribution in [0, 0.1) is 6.92 Å². The Morgan fingerprint density at radius 3 is 2.71 bits per heavy atom. The van der Waals surface area contributed by atoms with E-state index in [0.717, 1.165) is 29.0 Å². The van der Waals surface area contributed by atoms with Crippen LogP contribution in [-0.4, -0.2) is 42.7 Å². The van der Waals surface area contributed by atoms with E-state index in [4.69, 9.17) is 5.11 Å². The average molecular weight is 393 g/mol. The summed E-state index contributed by atoms with van der Waals surface area (Å²) >= 11 is 0. The summed E-state index contributed by atoms with van der Waals surface area (Å²) in [7, 11) is 0. The van der Waals surface area contributed by atoms with Crippen molar-refractivity contribution in [3.05, 3.63) is 54.1 Å². The lowest BCUT2D eigenvalue weighted by molar-refractivity contribution is -0.141. The molecule has 0 aliphatic heterocycles. The molecule has 2 heterocycles. The fourth-order valence-corrected chi connectivity index (χ4v) is 2.61. The van der Waals surface area contributed by atoms with Crippen molar-refractivity contribution in [2.75, 3.05) is 11.9 Å². The van der Waals surface area contributed by atoms with E-state index in [9.17, 15) is 18.3 Å². The lowest BCUT2D eigenvalue weighted by Crippen LogP contribution is -2.19. The number of hydrogen-bond acceptors (Lipinski definition) is 6. The summed E-state index contributed by atoms with van der Waals surface area (Å²) in [6, 6.07) is 6.19. The Labute approximate surface area is 158 Å². The molecule has 0 unspecified atom stereocenters. The SMILES string of the molecule is Cc1cc(Nc2nccc(C(F)(F)F)n2)cc(-c2cnn(C[C@H](O)CO)c2)c1. The van der Waals surface area contributed by atoms with Gasteiger partial charge in [0.05, 0.1) is 25.5 Å². The smallest absolute Gasteiger partial charge is 0.394 e. The molecule has 0 amide bonds. The van der Waals surface area contributed by atoms with Crippen LogP contribution < -0.4 is 5.32 Å². The summed E-state index contributed by atoms with van der Waals surface area (Å²) in [5.41, 5.74) is 1.90. The summed E-state index contributed by atoms with van der Waals surface area (Å²) in [4.78, 5) is 7.34. The number of benzene rings is 1. The summed E-state index contributed by atoms with van der Waals surface area (Å²) in [5, 5.41) is 25.4. The Morgan fingerprint density at radius 1 is 1.21 bits per heavy atom. The van der Waals surface area contributed by atoms with Gasteiger partial charge >= 0.3 is 6.18 Å². The van der Waals surface area contributed by atoms with E-state index in [0.29, 0.717) is 5.69 Å². The highest BCUT2D eigenvalue weighted by Crippen LogP contribution is 2.29. The van der Waals surface area contributed by atoms with E-state index in [2.05, 4.69) is 20.4 Å². The molecule has 0 saturated carbocycles. The molecule has 10 heteroatoms. The van der Waals surface area contributed by atoms with E-state index in [1.165, 1.54) is 4.68 Å². The fourth-order valence-electron chi connectivity index (χ4n) is 2.61. The maximum atomic E-state index is 12.8. The lowest BCUT2D eigenvalue weighted by atomic mass is 10.1. The van der Waals surface area contributed by atoms with Crippen molar-refractivity contribution in [3.8, 4) is 11.1 Å². The molecule has 3 rings (SSSR count). The number of aromatic nitrogens is 4. The van der Waals surface area contributed by atoms with Gasteiger partial charge in [-0.2, -0.15) is 18.3 Å². The molecule has 1 aromatic carbocycles. The van der Waals surface area contributed by atoms with Crippen molar-refractivity contribution in [3.63, 3.8) is 0 Å². The first-order valence-electron chi connectivity index (χ1n) is 8.35. The molecule has 0 aliphatic rings. The zero-order valence-corrected chi connectivity index (χ0v) is 14.9. The average Bonchev–Trinajstić information content (AvgIpc) is 3.09. The van der Waals surface area contributed by atoms with E-state index < -0.39 is 18.0 Å². The van der Waals surface area contributed by atoms with Gasteiger partial charge in [-0.25, -0.2) is 9.97 Å². The van der Waals surface area contributed by atoms with Gasteiger partial charge in [-0.05, 0) is 36.2 Å². The van der Waals surface area contributed by atoms with Gasteiger partial charge in [0.25, 0.3) is 0 Å². The van der Waals surface area contributed by atoms with Crippen molar-refractivity contribution in [2.45, 2.75) is 25.7 Å². The van der Waals surface area contributed by atoms with Gasteiger partial charge in [0.2, 0.25) is 5.95 Å². The zero-order chi connectivity index (χ0) is 20.3. The number of aliphatic hydroxyl groups excluding tert-OH is 2. The quantitative estimate of drug-likeness (QED) is 0.596. The van der Waals surface area contributed by atoms with Gasteiger partial charge in [-0.3, -0.25) is 4.68 Å². The standard InChI is InChI=1S/C18H18F3N5O2/c1-11-4-12(13-7-23-26(8-13)9-15(28)10-27)6-14(5-11)24-17-22-3-2-16(25-17)18(19,20)21/h2-8,15,27-28H,9-10H2,1H3,(H,22,24,25)/t15-/m0/s1. The van der Waals surface area contributed by atoms with Crippen LogP contribution >= 0.6 is 0 Å². The van der Waals surface area contributed by atoms with Gasteiger partial charge in [0.15, 0.2) is 0 Å². The Morgan fingerprint density at radius 2 is 2.00 bits per heavy atom. The molecule has 7 nitrogen and oxygen atoms in total. The minimum atomic E-state index is -4.55. The minimum absolute atomic E-state index is 0.144. The molecular formula is C18H18F3N5O2. The van der Waals surface area contributed by atoms with Crippen molar-refractivity contribution >= 4 is 11.6 Å². The monoisotopic (exact) mass is 393 g/mol. The highest BCUT2D eigenvalue weighted by atomic mass is 19.4. The maximum Gasteiger partial charge on any atom is 0.433 e. The molecule has 1 atom stereocenters. The number of nitrogens with one attached hydrogen (secondary N) is 1. The molecule has 3 N–H and O–H groups in total. The van der Waals surface area contributed by atoms with Gasteiger partial charge in [0.1, 0.15) is 5.69 Å². The second-order valence-electron chi connectivity index (χ2n) is 6.26. The van der Waals surface area contributed by atoms with E-state index >= 15 is 0 Å². The maximum absolute atomic E-state index is 12.8. The number of aryl methyl sites for hydroxylation is 1. The van der Waals surface area contributed by atoms with E-state index in [-0.39, 0.29) is 19.1 Å². The molecule has 2 aromatic heterocycles. The Kier molecular flexibility index (Phi) is 5.61. The minimum Gasteiger partial charge on any atom is -0.394 e. The molecule has 0 aliphatic carbocycles. The normalized spacial score (nSPS) is 12.8. The molecule has 0 saturated heterocycles. The zero-order valence-electron chi connectivity index (χ0n) is 14.9. The Balaban J connectivity index is 1.84. The van der Waals surface area contributed by atoms with Crippen LogP contribution in [0.4, 0.5) is 24.8 Å².